The number of hydrogen-bond donors (Lipinski definition) is 1. The Labute approximate surface area is 87.7 Å². The van der Waals surface area contributed by atoms with Crippen LogP contribution in [0.2, 0.25) is 0 Å². The molecule has 1 N–H and O–H groups in total. The summed E-state index contributed by atoms with van der Waals surface area (Å²) in [5, 5.41) is 8.79. The molecule has 64 valence electrons. The summed E-state index contributed by atoms with van der Waals surface area (Å²) in [4.78, 5) is 10.7. The van der Waals surface area contributed by atoms with Gasteiger partial charge in [0.2, 0.25) is 0 Å². The van der Waals surface area contributed by atoms with Crippen LogP contribution < -0.4 is 4.74 Å². The number of halogens is 1. The molecular weight excluding hydrogens is 271 g/mol. The molecule has 0 saturated carbocycles. The molecule has 0 aromatic heterocycles. The standard InChI is InChI=1S/C8H7IO3/c1-12-5-2-3-7(9)6(4-5)8(10)11/h2-4H,1H3,(H,10,11)/i1D3. The minimum atomic E-state index is -2.57. The van der Waals surface area contributed by atoms with Gasteiger partial charge in [0.25, 0.3) is 0 Å². The second kappa shape index (κ2) is 3.75. The maximum Gasteiger partial charge on any atom is 0.336 e. The lowest BCUT2D eigenvalue weighted by molar-refractivity contribution is 0.0695. The van der Waals surface area contributed by atoms with Gasteiger partial charge in [0.15, 0.2) is 0 Å². The highest BCUT2D eigenvalue weighted by Crippen LogP contribution is 2.18. The number of benzene rings is 1. The van der Waals surface area contributed by atoms with Crippen molar-refractivity contribution >= 4 is 28.6 Å². The molecule has 12 heavy (non-hydrogen) atoms. The molecule has 0 aliphatic rings. The van der Waals surface area contributed by atoms with Crippen molar-refractivity contribution < 1.29 is 18.8 Å². The summed E-state index contributed by atoms with van der Waals surface area (Å²) >= 11 is 1.85. The Morgan fingerprint density at radius 3 is 3.08 bits per heavy atom. The molecule has 0 bridgehead atoms. The first kappa shape index (κ1) is 5.80. The quantitative estimate of drug-likeness (QED) is 0.843. The molecule has 0 amide bonds. The molecule has 0 radical (unpaired) electrons. The van der Waals surface area contributed by atoms with Crippen LogP contribution in [0.3, 0.4) is 0 Å². The molecule has 0 atom stereocenters. The SMILES string of the molecule is [2H]C([2H])([2H])Oc1ccc(I)c(C(=O)O)c1. The first-order valence-corrected chi connectivity index (χ1v) is 4.09. The molecule has 0 unspecified atom stereocenters. The van der Waals surface area contributed by atoms with Gasteiger partial charge in [-0.25, -0.2) is 4.79 Å². The summed E-state index contributed by atoms with van der Waals surface area (Å²) in [6, 6.07) is 4.10. The third-order valence-electron chi connectivity index (χ3n) is 1.29. The first-order chi connectivity index (χ1) is 6.79. The maximum atomic E-state index is 10.7. The lowest BCUT2D eigenvalue weighted by atomic mass is 10.2. The highest BCUT2D eigenvalue weighted by atomic mass is 127. The summed E-state index contributed by atoms with van der Waals surface area (Å²) < 4.78 is 25.7. The highest BCUT2D eigenvalue weighted by molar-refractivity contribution is 14.1. The number of hydrogen-bond acceptors (Lipinski definition) is 2. The van der Waals surface area contributed by atoms with Crippen molar-refractivity contribution in [2.75, 3.05) is 7.04 Å². The van der Waals surface area contributed by atoms with Gasteiger partial charge in [0.05, 0.1) is 16.7 Å². The minimum absolute atomic E-state index is 0.0211. The lowest BCUT2D eigenvalue weighted by Gasteiger charge is -2.02. The predicted octanol–water partition coefficient (Wildman–Crippen LogP) is 2.00. The van der Waals surface area contributed by atoms with Gasteiger partial charge >= 0.3 is 5.97 Å². The van der Waals surface area contributed by atoms with E-state index in [9.17, 15) is 4.79 Å². The summed E-state index contributed by atoms with van der Waals surface area (Å²) in [5.41, 5.74) is 0.0253. The Morgan fingerprint density at radius 2 is 2.50 bits per heavy atom. The number of ether oxygens (including phenoxy) is 1. The van der Waals surface area contributed by atoms with Crippen LogP contribution in [0.15, 0.2) is 18.2 Å². The van der Waals surface area contributed by atoms with Crippen molar-refractivity contribution in [3.8, 4) is 5.75 Å². The largest absolute Gasteiger partial charge is 0.497 e. The van der Waals surface area contributed by atoms with E-state index in [-0.39, 0.29) is 11.3 Å². The van der Waals surface area contributed by atoms with Gasteiger partial charge in [0.1, 0.15) is 5.75 Å². The van der Waals surface area contributed by atoms with Crippen LogP contribution in [0.5, 0.6) is 5.75 Å². The molecule has 0 saturated heterocycles. The molecular formula is C8H7IO3. The van der Waals surface area contributed by atoms with Gasteiger partial charge in [-0.05, 0) is 40.8 Å². The monoisotopic (exact) mass is 281 g/mol. The minimum Gasteiger partial charge on any atom is -0.497 e. The number of methoxy groups -OCH3 is 1. The average molecular weight is 281 g/mol. The topological polar surface area (TPSA) is 46.5 Å². The van der Waals surface area contributed by atoms with Crippen LogP contribution in [0, 0.1) is 3.57 Å². The Morgan fingerprint density at radius 1 is 1.75 bits per heavy atom. The molecule has 0 fully saturated rings. The van der Waals surface area contributed by atoms with E-state index >= 15 is 0 Å². The Bertz CT molecular complexity index is 389. The fraction of sp³-hybridized carbons (Fsp3) is 0.125. The maximum absolute atomic E-state index is 10.7. The van der Waals surface area contributed by atoms with E-state index in [0.29, 0.717) is 3.57 Å². The van der Waals surface area contributed by atoms with Crippen LogP contribution in [-0.4, -0.2) is 18.1 Å². The molecule has 1 aromatic rings. The molecule has 0 aliphatic carbocycles. The van der Waals surface area contributed by atoms with Gasteiger partial charge in [-0.2, -0.15) is 0 Å². The average Bonchev–Trinajstić information content (AvgIpc) is 2.05. The van der Waals surface area contributed by atoms with Crippen molar-refractivity contribution in [2.45, 2.75) is 0 Å². The van der Waals surface area contributed by atoms with E-state index in [0.717, 1.165) is 0 Å². The molecule has 4 heteroatoms. The normalized spacial score (nSPS) is 14.2. The molecule has 1 aromatic carbocycles. The third-order valence-corrected chi connectivity index (χ3v) is 2.23. The van der Waals surface area contributed by atoms with E-state index in [4.69, 9.17) is 9.22 Å². The van der Waals surface area contributed by atoms with Gasteiger partial charge in [-0.3, -0.25) is 0 Å². The molecule has 0 heterocycles. The lowest BCUT2D eigenvalue weighted by Crippen LogP contribution is -1.99. The number of carboxylic acids is 1. The number of rotatable bonds is 2. The smallest absolute Gasteiger partial charge is 0.336 e. The van der Waals surface area contributed by atoms with Crippen molar-refractivity contribution in [1.82, 2.24) is 0 Å². The van der Waals surface area contributed by atoms with Crippen molar-refractivity contribution in [2.24, 2.45) is 0 Å². The Kier molecular flexibility index (Phi) is 1.81. The zero-order valence-corrected chi connectivity index (χ0v) is 8.03. The Hall–Kier alpha value is -0.780. The van der Waals surface area contributed by atoms with Crippen molar-refractivity contribution in [3.63, 3.8) is 0 Å². The third kappa shape index (κ3) is 1.88. The zero-order valence-electron chi connectivity index (χ0n) is 8.87. The van der Waals surface area contributed by atoms with E-state index < -0.39 is 13.0 Å². The van der Waals surface area contributed by atoms with Gasteiger partial charge in [-0.1, -0.05) is 0 Å². The molecule has 1 rings (SSSR count). The number of aromatic carboxylic acids is 1. The van der Waals surface area contributed by atoms with E-state index in [1.54, 1.807) is 0 Å². The fourth-order valence-electron chi connectivity index (χ4n) is 0.732. The molecule has 3 nitrogen and oxygen atoms in total. The van der Waals surface area contributed by atoms with Gasteiger partial charge in [-0.15, -0.1) is 0 Å². The van der Waals surface area contributed by atoms with E-state index in [1.165, 1.54) is 18.2 Å². The second-order valence-corrected chi connectivity index (χ2v) is 3.21. The summed E-state index contributed by atoms with van der Waals surface area (Å²) in [5.74, 6) is -1.09. The highest BCUT2D eigenvalue weighted by Gasteiger charge is 2.08. The first-order valence-electron chi connectivity index (χ1n) is 4.51. The van der Waals surface area contributed by atoms with Crippen molar-refractivity contribution in [1.29, 1.82) is 0 Å². The Balaban J connectivity index is 3.03. The number of carboxylic acid groups (broad SMARTS) is 1. The van der Waals surface area contributed by atoms with Crippen LogP contribution in [0.1, 0.15) is 14.5 Å². The van der Waals surface area contributed by atoms with Gasteiger partial charge in [0, 0.05) is 3.57 Å². The number of carbonyl (C=O) groups is 1. The summed E-state index contributed by atoms with van der Waals surface area (Å²) in [6.07, 6.45) is 0. The molecule has 0 aliphatic heterocycles. The summed E-state index contributed by atoms with van der Waals surface area (Å²) in [7, 11) is -2.57. The van der Waals surface area contributed by atoms with Crippen molar-refractivity contribution in [3.05, 3.63) is 27.3 Å². The predicted molar refractivity (Wildman–Crippen MR) is 52.7 cm³/mol. The van der Waals surface area contributed by atoms with Crippen LogP contribution in [0.4, 0.5) is 0 Å². The van der Waals surface area contributed by atoms with Crippen LogP contribution in [0.25, 0.3) is 0 Å². The van der Waals surface area contributed by atoms with E-state index in [1.807, 2.05) is 22.6 Å². The van der Waals surface area contributed by atoms with Gasteiger partial charge < -0.3 is 9.84 Å². The van der Waals surface area contributed by atoms with Crippen LogP contribution >= 0.6 is 22.6 Å². The van der Waals surface area contributed by atoms with Crippen LogP contribution in [-0.2, 0) is 0 Å². The van der Waals surface area contributed by atoms with E-state index in [2.05, 4.69) is 4.74 Å². The fourth-order valence-corrected chi connectivity index (χ4v) is 1.30. The molecule has 0 spiro atoms. The zero-order chi connectivity index (χ0) is 11.6. The second-order valence-electron chi connectivity index (χ2n) is 2.05. The summed E-state index contributed by atoms with van der Waals surface area (Å²) in [6.45, 7) is 0.